The molecule has 6 nitrogen and oxygen atoms in total. The number of ether oxygens (including phenoxy) is 1. The largest absolute Gasteiger partial charge is 0.490 e. The molecule has 3 aromatic carbocycles. The third-order valence-electron chi connectivity index (χ3n) is 4.95. The predicted octanol–water partition coefficient (Wildman–Crippen LogP) is 6.07. The maximum Gasteiger partial charge on any atom is 0.417 e. The molecule has 1 N–H and O–H groups in total. The van der Waals surface area contributed by atoms with E-state index < -0.39 is 39.2 Å². The Kier molecular flexibility index (Phi) is 8.31. The fourth-order valence-corrected chi connectivity index (χ4v) is 4.80. The van der Waals surface area contributed by atoms with Gasteiger partial charge in [-0.2, -0.15) is 13.2 Å². The standard InChI is InChI=1S/C25H22ClF3N2O4S/c1-3-14-35-20-9-6-18(7-10-20)30-24(32)16-31(36(33,34)21-11-4-17(2)5-12-21)19-8-13-23(26)22(15-19)25(27,28)29/h3-13,15H,1,14,16H2,2H3,(H,30,32). The second-order valence-corrected chi connectivity index (χ2v) is 9.93. The summed E-state index contributed by atoms with van der Waals surface area (Å²) < 4.78 is 73.2. The number of amides is 1. The van der Waals surface area contributed by atoms with Gasteiger partial charge in [0.05, 0.1) is 21.2 Å². The zero-order chi connectivity index (χ0) is 26.5. The predicted molar refractivity (Wildman–Crippen MR) is 133 cm³/mol. The Balaban J connectivity index is 1.95. The van der Waals surface area contributed by atoms with Crippen molar-refractivity contribution in [2.75, 3.05) is 22.8 Å². The Bertz CT molecular complexity index is 1340. The summed E-state index contributed by atoms with van der Waals surface area (Å²) in [4.78, 5) is 12.6. The van der Waals surface area contributed by atoms with Crippen LogP contribution in [0.5, 0.6) is 5.75 Å². The van der Waals surface area contributed by atoms with Gasteiger partial charge >= 0.3 is 6.18 Å². The van der Waals surface area contributed by atoms with Crippen molar-refractivity contribution in [1.82, 2.24) is 0 Å². The fraction of sp³-hybridized carbons (Fsp3) is 0.160. The second-order valence-electron chi connectivity index (χ2n) is 7.66. The van der Waals surface area contributed by atoms with Crippen LogP contribution in [0, 0.1) is 6.92 Å². The van der Waals surface area contributed by atoms with Crippen LogP contribution in [0.2, 0.25) is 5.02 Å². The molecule has 0 spiro atoms. The molecule has 0 saturated carbocycles. The fourth-order valence-electron chi connectivity index (χ4n) is 3.16. The van der Waals surface area contributed by atoms with Gasteiger partial charge in [0.25, 0.3) is 10.0 Å². The molecule has 0 atom stereocenters. The van der Waals surface area contributed by atoms with Crippen molar-refractivity contribution in [3.63, 3.8) is 0 Å². The number of carbonyl (C=O) groups excluding carboxylic acids is 1. The van der Waals surface area contributed by atoms with E-state index in [-0.39, 0.29) is 10.6 Å². The number of halogens is 4. The Morgan fingerprint density at radius 3 is 2.31 bits per heavy atom. The average molecular weight is 539 g/mol. The number of nitrogens with one attached hydrogen (secondary N) is 1. The van der Waals surface area contributed by atoms with Gasteiger partial charge in [0, 0.05) is 5.69 Å². The van der Waals surface area contributed by atoms with E-state index in [2.05, 4.69) is 11.9 Å². The molecule has 0 fully saturated rings. The van der Waals surface area contributed by atoms with Crippen molar-refractivity contribution in [2.45, 2.75) is 18.0 Å². The molecule has 1 amide bonds. The maximum atomic E-state index is 13.5. The first-order valence-electron chi connectivity index (χ1n) is 10.5. The smallest absolute Gasteiger partial charge is 0.417 e. The molecule has 11 heteroatoms. The van der Waals surface area contributed by atoms with E-state index in [0.717, 1.165) is 17.7 Å². The van der Waals surface area contributed by atoms with Crippen LogP contribution < -0.4 is 14.4 Å². The molecule has 190 valence electrons. The summed E-state index contributed by atoms with van der Waals surface area (Å²) in [5, 5.41) is 1.95. The summed E-state index contributed by atoms with van der Waals surface area (Å²) in [5.41, 5.74) is -0.466. The molecule has 36 heavy (non-hydrogen) atoms. The highest BCUT2D eigenvalue weighted by molar-refractivity contribution is 7.92. The molecule has 0 saturated heterocycles. The second kappa shape index (κ2) is 11.0. The third-order valence-corrected chi connectivity index (χ3v) is 7.06. The van der Waals surface area contributed by atoms with Crippen LogP contribution in [0.15, 0.2) is 84.3 Å². The molecule has 0 aromatic heterocycles. The van der Waals surface area contributed by atoms with Crippen molar-refractivity contribution in [1.29, 1.82) is 0 Å². The van der Waals surface area contributed by atoms with E-state index in [9.17, 15) is 26.4 Å². The molecule has 0 aliphatic heterocycles. The highest BCUT2D eigenvalue weighted by atomic mass is 35.5. The molecular formula is C25H22ClF3N2O4S. The van der Waals surface area contributed by atoms with Gasteiger partial charge < -0.3 is 10.1 Å². The lowest BCUT2D eigenvalue weighted by molar-refractivity contribution is -0.137. The summed E-state index contributed by atoms with van der Waals surface area (Å²) in [6.45, 7) is 4.81. The number of benzene rings is 3. The van der Waals surface area contributed by atoms with Gasteiger partial charge in [-0.05, 0) is 61.5 Å². The van der Waals surface area contributed by atoms with Gasteiger partial charge in [-0.15, -0.1) is 0 Å². The molecule has 0 aliphatic rings. The van der Waals surface area contributed by atoms with Crippen LogP contribution in [0.1, 0.15) is 11.1 Å². The number of hydrogen-bond donors (Lipinski definition) is 1. The highest BCUT2D eigenvalue weighted by Crippen LogP contribution is 2.38. The summed E-state index contributed by atoms with van der Waals surface area (Å²) in [7, 11) is -4.42. The van der Waals surface area contributed by atoms with Gasteiger partial charge in [-0.1, -0.05) is 42.0 Å². The van der Waals surface area contributed by atoms with E-state index in [4.69, 9.17) is 16.3 Å². The zero-order valence-electron chi connectivity index (χ0n) is 19.0. The summed E-state index contributed by atoms with van der Waals surface area (Å²) >= 11 is 5.71. The number of alkyl halides is 3. The van der Waals surface area contributed by atoms with Crippen LogP contribution in [0.25, 0.3) is 0 Å². The van der Waals surface area contributed by atoms with Gasteiger partial charge in [-0.3, -0.25) is 9.10 Å². The van der Waals surface area contributed by atoms with E-state index >= 15 is 0 Å². The van der Waals surface area contributed by atoms with Crippen LogP contribution >= 0.6 is 11.6 Å². The number of sulfonamides is 1. The molecule has 3 rings (SSSR count). The summed E-state index contributed by atoms with van der Waals surface area (Å²) in [5.74, 6) is -0.244. The van der Waals surface area contributed by atoms with Crippen LogP contribution in [0.4, 0.5) is 24.5 Å². The van der Waals surface area contributed by atoms with Crippen molar-refractivity contribution in [2.24, 2.45) is 0 Å². The molecule has 0 heterocycles. The lowest BCUT2D eigenvalue weighted by Crippen LogP contribution is -2.38. The third kappa shape index (κ3) is 6.58. The van der Waals surface area contributed by atoms with Crippen molar-refractivity contribution in [3.05, 3.63) is 95.5 Å². The molecule has 0 aliphatic carbocycles. The molecule has 3 aromatic rings. The lowest BCUT2D eigenvalue weighted by Gasteiger charge is -2.25. The van der Waals surface area contributed by atoms with Crippen LogP contribution in [-0.2, 0) is 21.0 Å². The van der Waals surface area contributed by atoms with Gasteiger partial charge in [0.2, 0.25) is 5.91 Å². The Morgan fingerprint density at radius 1 is 1.08 bits per heavy atom. The van der Waals surface area contributed by atoms with E-state index in [1.165, 1.54) is 12.1 Å². The summed E-state index contributed by atoms with van der Waals surface area (Å²) in [6, 6.07) is 14.7. The SMILES string of the molecule is C=CCOc1ccc(NC(=O)CN(c2ccc(Cl)c(C(F)(F)F)c2)S(=O)(=O)c2ccc(C)cc2)cc1. The van der Waals surface area contributed by atoms with Crippen molar-refractivity contribution in [3.8, 4) is 5.75 Å². The first kappa shape index (κ1) is 27.1. The molecular weight excluding hydrogens is 517 g/mol. The maximum absolute atomic E-state index is 13.5. The van der Waals surface area contributed by atoms with Crippen LogP contribution in [-0.4, -0.2) is 27.5 Å². The van der Waals surface area contributed by atoms with Crippen molar-refractivity contribution < 1.29 is 31.1 Å². The number of rotatable bonds is 9. The first-order chi connectivity index (χ1) is 16.9. The van der Waals surface area contributed by atoms with Crippen molar-refractivity contribution >= 4 is 38.9 Å². The Hall–Kier alpha value is -3.50. The minimum absolute atomic E-state index is 0.187. The Morgan fingerprint density at radius 2 is 1.72 bits per heavy atom. The average Bonchev–Trinajstić information content (AvgIpc) is 2.82. The number of nitrogens with zero attached hydrogens (tertiary/aromatic N) is 1. The zero-order valence-corrected chi connectivity index (χ0v) is 20.6. The minimum atomic E-state index is -4.83. The van der Waals surface area contributed by atoms with Gasteiger partial charge in [0.15, 0.2) is 0 Å². The Labute approximate surface area is 212 Å². The van der Waals surface area contributed by atoms with E-state index in [0.29, 0.717) is 28.4 Å². The lowest BCUT2D eigenvalue weighted by atomic mass is 10.2. The minimum Gasteiger partial charge on any atom is -0.490 e. The summed E-state index contributed by atoms with van der Waals surface area (Å²) in [6.07, 6.45) is -3.26. The topological polar surface area (TPSA) is 75.7 Å². The quantitative estimate of drug-likeness (QED) is 0.336. The first-order valence-corrected chi connectivity index (χ1v) is 12.3. The molecule has 0 radical (unpaired) electrons. The number of anilines is 2. The number of aryl methyl sites for hydroxylation is 1. The monoisotopic (exact) mass is 538 g/mol. The van der Waals surface area contributed by atoms with Crippen LogP contribution in [0.3, 0.4) is 0 Å². The van der Waals surface area contributed by atoms with Gasteiger partial charge in [0.1, 0.15) is 18.9 Å². The normalized spacial score (nSPS) is 11.6. The number of hydrogen-bond acceptors (Lipinski definition) is 4. The number of carbonyl (C=O) groups is 1. The highest BCUT2D eigenvalue weighted by Gasteiger charge is 2.35. The van der Waals surface area contributed by atoms with Gasteiger partial charge in [-0.25, -0.2) is 8.42 Å². The van der Waals surface area contributed by atoms with E-state index in [1.54, 1.807) is 49.4 Å². The molecule has 0 bridgehead atoms. The van der Waals surface area contributed by atoms with E-state index in [1.807, 2.05) is 0 Å². The molecule has 0 unspecified atom stereocenters.